The fraction of sp³-hybridized carbons (Fsp3) is 0.0625. The lowest BCUT2D eigenvalue weighted by Gasteiger charge is -2.04. The first-order valence-corrected chi connectivity index (χ1v) is 6.68. The van der Waals surface area contributed by atoms with Gasteiger partial charge in [-0.25, -0.2) is 0 Å². The monoisotopic (exact) mass is 270 g/mol. The molecule has 96 valence electrons. The Kier molecular flexibility index (Phi) is 4.42. The van der Waals surface area contributed by atoms with Gasteiger partial charge in [-0.15, -0.1) is 0 Å². The van der Waals surface area contributed by atoms with Crippen LogP contribution in [0.25, 0.3) is 6.08 Å². The molecule has 0 saturated heterocycles. The van der Waals surface area contributed by atoms with Crippen molar-refractivity contribution in [3.63, 3.8) is 0 Å². The van der Waals surface area contributed by atoms with E-state index in [1.54, 1.807) is 23.9 Å². The first-order valence-electron chi connectivity index (χ1n) is 5.86. The second kappa shape index (κ2) is 6.25. The quantitative estimate of drug-likeness (QED) is 0.608. The van der Waals surface area contributed by atoms with E-state index < -0.39 is 0 Å². The zero-order valence-electron chi connectivity index (χ0n) is 10.6. The summed E-state index contributed by atoms with van der Waals surface area (Å²) in [5.74, 6) is 0.263. The molecular weight excluding hydrogens is 256 g/mol. The van der Waals surface area contributed by atoms with Crippen molar-refractivity contribution in [1.29, 1.82) is 0 Å². The Morgan fingerprint density at radius 1 is 1.05 bits per heavy atom. The summed E-state index contributed by atoms with van der Waals surface area (Å²) in [4.78, 5) is 13.1. The van der Waals surface area contributed by atoms with Crippen LogP contribution in [0.4, 0.5) is 0 Å². The van der Waals surface area contributed by atoms with E-state index in [-0.39, 0.29) is 5.97 Å². The molecule has 19 heavy (non-hydrogen) atoms. The molecule has 0 aromatic heterocycles. The Balaban J connectivity index is 2.05. The summed E-state index contributed by atoms with van der Waals surface area (Å²) < 4.78 is 4.99. The number of esters is 1. The van der Waals surface area contributed by atoms with E-state index in [0.717, 1.165) is 15.4 Å². The topological polar surface area (TPSA) is 26.3 Å². The lowest BCUT2D eigenvalue weighted by molar-refractivity contribution is -0.131. The van der Waals surface area contributed by atoms with E-state index in [2.05, 4.69) is 18.7 Å². The van der Waals surface area contributed by atoms with Crippen LogP contribution in [0.3, 0.4) is 0 Å². The lowest BCUT2D eigenvalue weighted by Crippen LogP contribution is -2.00. The minimum Gasteiger partial charge on any atom is -0.427 e. The normalized spacial score (nSPS) is 9.95. The third-order valence-electron chi connectivity index (χ3n) is 2.44. The van der Waals surface area contributed by atoms with Crippen LogP contribution in [0.1, 0.15) is 12.5 Å². The number of hydrogen-bond donors (Lipinski definition) is 0. The van der Waals surface area contributed by atoms with Crippen LogP contribution in [0.2, 0.25) is 0 Å². The number of hydrogen-bond acceptors (Lipinski definition) is 3. The van der Waals surface area contributed by atoms with Crippen molar-refractivity contribution in [2.24, 2.45) is 0 Å². The van der Waals surface area contributed by atoms with E-state index in [0.29, 0.717) is 5.75 Å². The Morgan fingerprint density at radius 2 is 1.58 bits per heavy atom. The van der Waals surface area contributed by atoms with E-state index in [9.17, 15) is 4.79 Å². The van der Waals surface area contributed by atoms with Gasteiger partial charge in [0.2, 0.25) is 0 Å². The van der Waals surface area contributed by atoms with Gasteiger partial charge >= 0.3 is 5.97 Å². The van der Waals surface area contributed by atoms with Crippen LogP contribution in [0.15, 0.2) is 64.9 Å². The smallest absolute Gasteiger partial charge is 0.308 e. The van der Waals surface area contributed by atoms with Gasteiger partial charge in [-0.3, -0.25) is 4.79 Å². The number of benzene rings is 2. The predicted octanol–water partition coefficient (Wildman–Crippen LogP) is 4.41. The van der Waals surface area contributed by atoms with Gasteiger partial charge in [-0.2, -0.15) is 0 Å². The maximum absolute atomic E-state index is 10.8. The summed E-state index contributed by atoms with van der Waals surface area (Å²) >= 11 is 1.66. The van der Waals surface area contributed by atoms with Crippen molar-refractivity contribution in [2.45, 2.75) is 16.7 Å². The highest BCUT2D eigenvalue weighted by Gasteiger charge is 2.00. The molecule has 2 aromatic carbocycles. The van der Waals surface area contributed by atoms with E-state index >= 15 is 0 Å². The number of ether oxygens (including phenoxy) is 1. The van der Waals surface area contributed by atoms with E-state index in [1.165, 1.54) is 6.92 Å². The summed E-state index contributed by atoms with van der Waals surface area (Å²) in [5, 5.41) is 0. The van der Waals surface area contributed by atoms with Crippen molar-refractivity contribution in [1.82, 2.24) is 0 Å². The average molecular weight is 270 g/mol. The third kappa shape index (κ3) is 4.00. The highest BCUT2D eigenvalue weighted by atomic mass is 32.2. The highest BCUT2D eigenvalue weighted by molar-refractivity contribution is 7.99. The fourth-order valence-electron chi connectivity index (χ4n) is 1.55. The Labute approximate surface area is 117 Å². The van der Waals surface area contributed by atoms with Crippen LogP contribution >= 0.6 is 11.8 Å². The fourth-order valence-corrected chi connectivity index (χ4v) is 2.37. The standard InChI is InChI=1S/C16H14O2S/c1-3-13-4-8-15(9-5-13)19-16-10-6-14(7-11-16)18-12(2)17/h3-11H,1H2,2H3. The number of carbonyl (C=O) groups excluding carboxylic acids is 1. The molecule has 2 aromatic rings. The van der Waals surface area contributed by atoms with Crippen molar-refractivity contribution in [3.05, 3.63) is 60.7 Å². The molecule has 2 nitrogen and oxygen atoms in total. The summed E-state index contributed by atoms with van der Waals surface area (Å²) in [7, 11) is 0. The van der Waals surface area contributed by atoms with Crippen LogP contribution in [0.5, 0.6) is 5.75 Å². The molecule has 0 amide bonds. The SMILES string of the molecule is C=Cc1ccc(Sc2ccc(OC(C)=O)cc2)cc1. The predicted molar refractivity (Wildman–Crippen MR) is 78.4 cm³/mol. The van der Waals surface area contributed by atoms with E-state index in [1.807, 2.05) is 30.3 Å². The minimum atomic E-state index is -0.305. The molecule has 2 rings (SSSR count). The molecule has 0 saturated carbocycles. The Hall–Kier alpha value is -2.00. The second-order valence-corrected chi connectivity index (χ2v) is 5.09. The van der Waals surface area contributed by atoms with Crippen molar-refractivity contribution < 1.29 is 9.53 Å². The highest BCUT2D eigenvalue weighted by Crippen LogP contribution is 2.29. The second-order valence-electron chi connectivity index (χ2n) is 3.94. The Bertz CT molecular complexity index is 571. The zero-order valence-corrected chi connectivity index (χ0v) is 11.4. The summed E-state index contributed by atoms with van der Waals surface area (Å²) in [6, 6.07) is 15.6. The Morgan fingerprint density at radius 3 is 2.05 bits per heavy atom. The van der Waals surface area contributed by atoms with Gasteiger partial charge in [0.05, 0.1) is 0 Å². The number of carbonyl (C=O) groups is 1. The van der Waals surface area contributed by atoms with Crippen molar-refractivity contribution >= 4 is 23.8 Å². The summed E-state index contributed by atoms with van der Waals surface area (Å²) in [6.07, 6.45) is 1.82. The van der Waals surface area contributed by atoms with Gasteiger partial charge in [-0.05, 0) is 42.0 Å². The van der Waals surface area contributed by atoms with Gasteiger partial charge in [0.25, 0.3) is 0 Å². The number of rotatable bonds is 4. The first-order chi connectivity index (χ1) is 9.17. The largest absolute Gasteiger partial charge is 0.427 e. The van der Waals surface area contributed by atoms with Crippen molar-refractivity contribution in [3.8, 4) is 5.75 Å². The zero-order chi connectivity index (χ0) is 13.7. The summed E-state index contributed by atoms with van der Waals surface area (Å²) in [6.45, 7) is 5.12. The van der Waals surface area contributed by atoms with Crippen LogP contribution < -0.4 is 4.74 Å². The molecule has 0 aliphatic carbocycles. The summed E-state index contributed by atoms with van der Waals surface area (Å²) in [5.41, 5.74) is 1.11. The molecule has 0 aliphatic heterocycles. The maximum Gasteiger partial charge on any atom is 0.308 e. The van der Waals surface area contributed by atoms with Gasteiger partial charge in [0.1, 0.15) is 5.75 Å². The molecule has 0 radical (unpaired) electrons. The van der Waals surface area contributed by atoms with Gasteiger partial charge in [0, 0.05) is 16.7 Å². The van der Waals surface area contributed by atoms with Crippen LogP contribution in [-0.2, 0) is 4.79 Å². The van der Waals surface area contributed by atoms with Gasteiger partial charge < -0.3 is 4.74 Å². The van der Waals surface area contributed by atoms with Gasteiger partial charge in [0.15, 0.2) is 0 Å². The lowest BCUT2D eigenvalue weighted by atomic mass is 10.2. The molecule has 0 atom stereocenters. The third-order valence-corrected chi connectivity index (χ3v) is 3.45. The molecule has 0 heterocycles. The first kappa shape index (κ1) is 13.4. The molecular formula is C16H14O2S. The molecule has 0 aliphatic rings. The molecule has 0 fully saturated rings. The van der Waals surface area contributed by atoms with Gasteiger partial charge in [-0.1, -0.05) is 36.5 Å². The minimum absolute atomic E-state index is 0.305. The van der Waals surface area contributed by atoms with Crippen LogP contribution in [-0.4, -0.2) is 5.97 Å². The van der Waals surface area contributed by atoms with Crippen LogP contribution in [0, 0.1) is 0 Å². The van der Waals surface area contributed by atoms with E-state index in [4.69, 9.17) is 4.74 Å². The maximum atomic E-state index is 10.8. The molecule has 3 heteroatoms. The molecule has 0 bridgehead atoms. The van der Waals surface area contributed by atoms with Crippen molar-refractivity contribution in [2.75, 3.05) is 0 Å². The molecule has 0 unspecified atom stereocenters. The average Bonchev–Trinajstić information content (AvgIpc) is 2.41. The molecule has 0 spiro atoms. The molecule has 0 N–H and O–H groups in total.